The zero-order valence-corrected chi connectivity index (χ0v) is 11.3. The Bertz CT molecular complexity index is 407. The normalized spacial score (nSPS) is 21.4. The van der Waals surface area contributed by atoms with Crippen LogP contribution in [0.1, 0.15) is 25.3 Å². The van der Waals surface area contributed by atoms with E-state index in [9.17, 15) is 4.79 Å². The molecule has 0 amide bonds. The third-order valence-electron chi connectivity index (χ3n) is 3.52. The molecule has 0 bridgehead atoms. The Morgan fingerprint density at radius 1 is 1.47 bits per heavy atom. The number of hydrogen-bond donors (Lipinski definition) is 1. The lowest BCUT2D eigenvalue weighted by atomic mass is 10.2. The molecule has 1 fully saturated rings. The van der Waals surface area contributed by atoms with E-state index in [1.54, 1.807) is 0 Å². The molecule has 1 saturated heterocycles. The average molecular weight is 263 g/mol. The van der Waals surface area contributed by atoms with Gasteiger partial charge in [-0.3, -0.25) is 9.69 Å². The van der Waals surface area contributed by atoms with Crippen molar-refractivity contribution in [3.8, 4) is 0 Å². The van der Waals surface area contributed by atoms with Gasteiger partial charge in [-0.2, -0.15) is 0 Å². The van der Waals surface area contributed by atoms with E-state index in [4.69, 9.17) is 9.84 Å². The number of benzene rings is 1. The highest BCUT2D eigenvalue weighted by molar-refractivity contribution is 5.73. The third kappa shape index (κ3) is 4.04. The molecule has 1 N–H and O–H groups in total. The summed E-state index contributed by atoms with van der Waals surface area (Å²) < 4.78 is 5.78. The molecule has 1 heterocycles. The van der Waals surface area contributed by atoms with Crippen LogP contribution in [0.15, 0.2) is 30.3 Å². The second-order valence-electron chi connectivity index (χ2n) is 5.10. The van der Waals surface area contributed by atoms with Crippen LogP contribution in [0, 0.1) is 0 Å². The number of nitrogens with zero attached hydrogens (tertiary/aromatic N) is 1. The molecule has 1 aromatic carbocycles. The maximum Gasteiger partial charge on any atom is 0.320 e. The van der Waals surface area contributed by atoms with E-state index in [2.05, 4.69) is 0 Å². The second kappa shape index (κ2) is 6.68. The van der Waals surface area contributed by atoms with Gasteiger partial charge in [-0.05, 0) is 31.9 Å². The number of ether oxygens (including phenoxy) is 1. The van der Waals surface area contributed by atoms with Crippen molar-refractivity contribution in [2.45, 2.75) is 38.5 Å². The largest absolute Gasteiger partial charge is 0.480 e. The van der Waals surface area contributed by atoms with Gasteiger partial charge in [0.15, 0.2) is 0 Å². The highest BCUT2D eigenvalue weighted by Crippen LogP contribution is 2.18. The first-order chi connectivity index (χ1) is 9.16. The first-order valence-electron chi connectivity index (χ1n) is 6.79. The number of likely N-dealkylation sites (tertiary alicyclic amines) is 1. The summed E-state index contributed by atoms with van der Waals surface area (Å²) in [5.74, 6) is -0.715. The van der Waals surface area contributed by atoms with Crippen molar-refractivity contribution in [3.63, 3.8) is 0 Å². The Hall–Kier alpha value is -1.39. The van der Waals surface area contributed by atoms with Crippen LogP contribution in [-0.2, 0) is 16.1 Å². The van der Waals surface area contributed by atoms with Crippen LogP contribution in [0.4, 0.5) is 0 Å². The van der Waals surface area contributed by atoms with Crippen molar-refractivity contribution < 1.29 is 14.6 Å². The summed E-state index contributed by atoms with van der Waals surface area (Å²) in [6.45, 7) is 4.12. The Balaban J connectivity index is 1.78. The number of carbonyl (C=O) groups is 1. The fourth-order valence-electron chi connectivity index (χ4n) is 2.52. The standard InChI is InChI=1S/C15H21NO3/c1-12(19-11-13-6-3-2-4-7-13)10-16-9-5-8-14(16)15(17)18/h2-4,6-7,12,14H,5,8-11H2,1H3,(H,17,18)/t12?,14-/m0/s1. The molecule has 104 valence electrons. The minimum atomic E-state index is -0.715. The number of carboxylic acids is 1. The Labute approximate surface area is 114 Å². The molecule has 2 rings (SSSR count). The fourth-order valence-corrected chi connectivity index (χ4v) is 2.52. The molecule has 4 heteroatoms. The van der Waals surface area contributed by atoms with Crippen LogP contribution >= 0.6 is 0 Å². The molecular formula is C15H21NO3. The third-order valence-corrected chi connectivity index (χ3v) is 3.52. The maximum atomic E-state index is 11.1. The average Bonchev–Trinajstić information content (AvgIpc) is 2.86. The number of aliphatic carboxylic acids is 1. The topological polar surface area (TPSA) is 49.8 Å². The summed E-state index contributed by atoms with van der Waals surface area (Å²) in [5.41, 5.74) is 1.14. The van der Waals surface area contributed by atoms with Gasteiger partial charge in [-0.1, -0.05) is 30.3 Å². The lowest BCUT2D eigenvalue weighted by molar-refractivity contribution is -0.142. The molecular weight excluding hydrogens is 242 g/mol. The Morgan fingerprint density at radius 3 is 2.89 bits per heavy atom. The fraction of sp³-hybridized carbons (Fsp3) is 0.533. The molecule has 1 aliphatic heterocycles. The second-order valence-corrected chi connectivity index (χ2v) is 5.10. The van der Waals surface area contributed by atoms with Crippen LogP contribution < -0.4 is 0 Å². The minimum Gasteiger partial charge on any atom is -0.480 e. The molecule has 0 radical (unpaired) electrons. The molecule has 1 aliphatic rings. The zero-order chi connectivity index (χ0) is 13.7. The monoisotopic (exact) mass is 263 g/mol. The smallest absolute Gasteiger partial charge is 0.320 e. The predicted molar refractivity (Wildman–Crippen MR) is 72.9 cm³/mol. The van der Waals surface area contributed by atoms with Crippen LogP contribution in [-0.4, -0.2) is 41.2 Å². The Kier molecular flexibility index (Phi) is 4.93. The molecule has 19 heavy (non-hydrogen) atoms. The zero-order valence-electron chi connectivity index (χ0n) is 11.3. The van der Waals surface area contributed by atoms with E-state index >= 15 is 0 Å². The van der Waals surface area contributed by atoms with E-state index in [-0.39, 0.29) is 12.1 Å². The van der Waals surface area contributed by atoms with Gasteiger partial charge in [0.05, 0.1) is 12.7 Å². The van der Waals surface area contributed by atoms with Crippen molar-refractivity contribution in [1.82, 2.24) is 4.90 Å². The van der Waals surface area contributed by atoms with Crippen LogP contribution in [0.2, 0.25) is 0 Å². The Morgan fingerprint density at radius 2 is 2.21 bits per heavy atom. The van der Waals surface area contributed by atoms with Gasteiger partial charge in [-0.25, -0.2) is 0 Å². The maximum absolute atomic E-state index is 11.1. The lowest BCUT2D eigenvalue weighted by Gasteiger charge is -2.24. The highest BCUT2D eigenvalue weighted by atomic mass is 16.5. The first-order valence-corrected chi connectivity index (χ1v) is 6.79. The lowest BCUT2D eigenvalue weighted by Crippen LogP contribution is -2.40. The van der Waals surface area contributed by atoms with E-state index < -0.39 is 5.97 Å². The first kappa shape index (κ1) is 14.0. The van der Waals surface area contributed by atoms with Gasteiger partial charge >= 0.3 is 5.97 Å². The van der Waals surface area contributed by atoms with Gasteiger partial charge in [0.25, 0.3) is 0 Å². The molecule has 2 atom stereocenters. The summed E-state index contributed by atoms with van der Waals surface area (Å²) in [4.78, 5) is 13.1. The minimum absolute atomic E-state index is 0.0418. The van der Waals surface area contributed by atoms with Crippen LogP contribution in [0.3, 0.4) is 0 Å². The number of hydrogen-bond acceptors (Lipinski definition) is 3. The molecule has 0 saturated carbocycles. The number of carboxylic acid groups (broad SMARTS) is 1. The molecule has 4 nitrogen and oxygen atoms in total. The molecule has 1 unspecified atom stereocenters. The summed E-state index contributed by atoms with van der Waals surface area (Å²) in [6, 6.07) is 9.69. The molecule has 0 spiro atoms. The summed E-state index contributed by atoms with van der Waals surface area (Å²) in [6.07, 6.45) is 1.75. The summed E-state index contributed by atoms with van der Waals surface area (Å²) >= 11 is 0. The van der Waals surface area contributed by atoms with E-state index in [0.717, 1.165) is 24.9 Å². The van der Waals surface area contributed by atoms with E-state index in [1.165, 1.54) is 0 Å². The quantitative estimate of drug-likeness (QED) is 0.854. The van der Waals surface area contributed by atoms with Crippen molar-refractivity contribution in [2.75, 3.05) is 13.1 Å². The van der Waals surface area contributed by atoms with E-state index in [1.807, 2.05) is 42.2 Å². The van der Waals surface area contributed by atoms with Gasteiger partial charge < -0.3 is 9.84 Å². The molecule has 1 aromatic rings. The van der Waals surface area contributed by atoms with Crippen molar-refractivity contribution >= 4 is 5.97 Å². The summed E-state index contributed by atoms with van der Waals surface area (Å²) in [7, 11) is 0. The molecule has 0 aliphatic carbocycles. The van der Waals surface area contributed by atoms with Crippen molar-refractivity contribution in [3.05, 3.63) is 35.9 Å². The number of rotatable bonds is 6. The van der Waals surface area contributed by atoms with Gasteiger partial charge in [0.2, 0.25) is 0 Å². The summed E-state index contributed by atoms with van der Waals surface area (Å²) in [5, 5.41) is 9.12. The van der Waals surface area contributed by atoms with Gasteiger partial charge in [0, 0.05) is 6.54 Å². The van der Waals surface area contributed by atoms with Crippen LogP contribution in [0.25, 0.3) is 0 Å². The predicted octanol–water partition coefficient (Wildman–Crippen LogP) is 2.14. The SMILES string of the molecule is CC(CN1CCC[C@H]1C(=O)O)OCc1ccccc1. The highest BCUT2D eigenvalue weighted by Gasteiger charge is 2.31. The van der Waals surface area contributed by atoms with Crippen LogP contribution in [0.5, 0.6) is 0 Å². The van der Waals surface area contributed by atoms with Crippen molar-refractivity contribution in [2.24, 2.45) is 0 Å². The molecule has 0 aromatic heterocycles. The van der Waals surface area contributed by atoms with Crippen molar-refractivity contribution in [1.29, 1.82) is 0 Å². The van der Waals surface area contributed by atoms with Gasteiger partial charge in [-0.15, -0.1) is 0 Å². The van der Waals surface area contributed by atoms with Gasteiger partial charge in [0.1, 0.15) is 6.04 Å². The van der Waals surface area contributed by atoms with E-state index in [0.29, 0.717) is 13.2 Å².